The molecule has 2 rings (SSSR count). The number of cyclic esters (lactones) is 1. The van der Waals surface area contributed by atoms with Gasteiger partial charge in [-0.3, -0.25) is 9.08 Å². The highest BCUT2D eigenvalue weighted by molar-refractivity contribution is 7.84. The molecule has 0 radical (unpaired) electrons. The van der Waals surface area contributed by atoms with Crippen LogP contribution in [0.25, 0.3) is 0 Å². The summed E-state index contributed by atoms with van der Waals surface area (Å²) >= 11 is 0. The summed E-state index contributed by atoms with van der Waals surface area (Å²) in [6.45, 7) is 1.97. The van der Waals surface area contributed by atoms with Gasteiger partial charge in [0.05, 0.1) is 12.6 Å². The number of piperidine rings is 1. The van der Waals surface area contributed by atoms with Crippen LogP contribution in [0.1, 0.15) is 71.1 Å². The molecule has 2 fully saturated rings. The van der Waals surface area contributed by atoms with E-state index in [1.54, 1.807) is 0 Å². The number of aliphatic hydroxyl groups is 3. The maximum Gasteiger partial charge on any atom is 0.411 e. The third-order valence-electron chi connectivity index (χ3n) is 5.66. The molecule has 2 aliphatic heterocycles. The van der Waals surface area contributed by atoms with Crippen molar-refractivity contribution >= 4 is 16.4 Å². The number of amides is 1. The second-order valence-electron chi connectivity index (χ2n) is 8.04. The van der Waals surface area contributed by atoms with Crippen LogP contribution in [-0.2, 0) is 19.2 Å². The summed E-state index contributed by atoms with van der Waals surface area (Å²) in [6, 6.07) is -0.953. The second-order valence-corrected chi connectivity index (χ2v) is 9.42. The lowest BCUT2D eigenvalue weighted by Crippen LogP contribution is -2.70. The number of carbonyl (C=O) groups is 1. The molecule has 0 aliphatic carbocycles. The van der Waals surface area contributed by atoms with Crippen LogP contribution < -0.4 is 4.72 Å². The molecule has 10 nitrogen and oxygen atoms in total. The SMILES string of the molecule is CCCCCCCCCCCCOS(=O)(=O)N[C@@H]1[C@@H](O)C(O)[C@H](O)C2COC(=O)N21. The summed E-state index contributed by atoms with van der Waals surface area (Å²) in [5.41, 5.74) is 0. The minimum absolute atomic E-state index is 0.0201. The predicted octanol–water partition coefficient (Wildman–Crippen LogP) is 1.00. The third kappa shape index (κ3) is 7.03. The first-order chi connectivity index (χ1) is 14.3. The zero-order valence-electron chi connectivity index (χ0n) is 17.6. The number of rotatable bonds is 14. The lowest BCUT2D eigenvalue weighted by Gasteiger charge is -2.43. The molecule has 11 heteroatoms. The number of unbranched alkanes of at least 4 members (excludes halogenated alkanes) is 9. The minimum Gasteiger partial charge on any atom is -0.447 e. The molecule has 0 saturated carbocycles. The fourth-order valence-electron chi connectivity index (χ4n) is 3.88. The van der Waals surface area contributed by atoms with E-state index in [1.165, 1.54) is 38.5 Å². The van der Waals surface area contributed by atoms with E-state index in [9.17, 15) is 28.5 Å². The number of ether oxygens (including phenoxy) is 1. The molecule has 0 aromatic carbocycles. The Morgan fingerprint density at radius 2 is 1.53 bits per heavy atom. The fourth-order valence-corrected chi connectivity index (χ4v) is 4.83. The van der Waals surface area contributed by atoms with E-state index in [4.69, 9.17) is 8.92 Å². The summed E-state index contributed by atoms with van der Waals surface area (Å²) in [5.74, 6) is 0. The molecule has 30 heavy (non-hydrogen) atoms. The Morgan fingerprint density at radius 1 is 0.967 bits per heavy atom. The molecule has 0 aromatic rings. The first-order valence-corrected chi connectivity index (χ1v) is 12.3. The van der Waals surface area contributed by atoms with Crippen LogP contribution in [0.5, 0.6) is 0 Å². The topological polar surface area (TPSA) is 146 Å². The van der Waals surface area contributed by atoms with Crippen LogP contribution in [-0.4, -0.2) is 78.5 Å². The summed E-state index contributed by atoms with van der Waals surface area (Å²) in [5, 5.41) is 30.1. The van der Waals surface area contributed by atoms with Crippen LogP contribution in [0, 0.1) is 0 Å². The van der Waals surface area contributed by atoms with E-state index in [-0.39, 0.29) is 13.2 Å². The molecule has 2 saturated heterocycles. The number of hydrogen-bond donors (Lipinski definition) is 4. The quantitative estimate of drug-likeness (QED) is 0.286. The van der Waals surface area contributed by atoms with Gasteiger partial charge in [0, 0.05) is 0 Å². The number of hydrogen-bond acceptors (Lipinski definition) is 8. The van der Waals surface area contributed by atoms with E-state index in [0.29, 0.717) is 6.42 Å². The smallest absolute Gasteiger partial charge is 0.411 e. The molecule has 0 spiro atoms. The van der Waals surface area contributed by atoms with Crippen molar-refractivity contribution in [3.8, 4) is 0 Å². The second kappa shape index (κ2) is 12.2. The van der Waals surface area contributed by atoms with Gasteiger partial charge in [-0.05, 0) is 6.42 Å². The Kier molecular flexibility index (Phi) is 10.2. The maximum absolute atomic E-state index is 12.2. The molecule has 2 heterocycles. The largest absolute Gasteiger partial charge is 0.447 e. The summed E-state index contributed by atoms with van der Waals surface area (Å²) in [4.78, 5) is 12.8. The van der Waals surface area contributed by atoms with Crippen LogP contribution in [0.15, 0.2) is 0 Å². The Balaban J connectivity index is 1.69. The molecule has 0 bridgehead atoms. The van der Waals surface area contributed by atoms with Gasteiger partial charge in [-0.2, -0.15) is 13.1 Å². The monoisotopic (exact) mass is 452 g/mol. The number of carbonyl (C=O) groups excluding carboxylic acids is 1. The van der Waals surface area contributed by atoms with Crippen LogP contribution in [0.4, 0.5) is 4.79 Å². The van der Waals surface area contributed by atoms with Crippen molar-refractivity contribution in [2.45, 2.75) is 102 Å². The highest BCUT2D eigenvalue weighted by Gasteiger charge is 2.54. The molecule has 176 valence electrons. The van der Waals surface area contributed by atoms with Crippen molar-refractivity contribution in [2.75, 3.05) is 13.2 Å². The number of nitrogens with one attached hydrogen (secondary N) is 1. The average molecular weight is 453 g/mol. The molecular formula is C19H36N2O8S. The highest BCUT2D eigenvalue weighted by atomic mass is 32.2. The van der Waals surface area contributed by atoms with E-state index in [0.717, 1.165) is 24.2 Å². The molecule has 4 N–H and O–H groups in total. The summed E-state index contributed by atoms with van der Waals surface area (Å²) < 4.78 is 36.3. The Bertz CT molecular complexity index is 632. The number of nitrogens with zero attached hydrogens (tertiary/aromatic N) is 1. The molecule has 2 unspecified atom stereocenters. The fraction of sp³-hybridized carbons (Fsp3) is 0.947. The van der Waals surface area contributed by atoms with Gasteiger partial charge in [-0.15, -0.1) is 0 Å². The number of aliphatic hydroxyl groups excluding tert-OH is 3. The van der Waals surface area contributed by atoms with Crippen LogP contribution in [0.2, 0.25) is 0 Å². The van der Waals surface area contributed by atoms with Crippen molar-refractivity contribution in [1.82, 2.24) is 9.62 Å². The molecular weight excluding hydrogens is 416 g/mol. The van der Waals surface area contributed by atoms with Gasteiger partial charge in [0.25, 0.3) is 0 Å². The van der Waals surface area contributed by atoms with Gasteiger partial charge in [0.1, 0.15) is 31.1 Å². The molecule has 1 amide bonds. The molecule has 2 aliphatic rings. The summed E-state index contributed by atoms with van der Waals surface area (Å²) in [6.07, 6.45) is 3.88. The van der Waals surface area contributed by atoms with Gasteiger partial charge in [0.15, 0.2) is 0 Å². The predicted molar refractivity (Wildman–Crippen MR) is 109 cm³/mol. The minimum atomic E-state index is -4.28. The standard InChI is InChI=1S/C19H36N2O8S/c1-2-3-4-5-6-7-8-9-10-11-12-29-30(26,27)20-18-17(24)16(23)15(22)14-13-28-19(25)21(14)18/h14-18,20,22-24H,2-13H2,1H3/t14?,15-,16?,17+,18+/m1/s1. The van der Waals surface area contributed by atoms with Crippen molar-refractivity contribution in [2.24, 2.45) is 0 Å². The zero-order valence-corrected chi connectivity index (χ0v) is 18.4. The lowest BCUT2D eigenvalue weighted by molar-refractivity contribution is -0.144. The van der Waals surface area contributed by atoms with Crippen molar-refractivity contribution < 1.29 is 37.5 Å². The number of fused-ring (bicyclic) bond motifs is 1. The van der Waals surface area contributed by atoms with Crippen LogP contribution >= 0.6 is 0 Å². The first kappa shape index (κ1) is 25.3. The average Bonchev–Trinajstić information content (AvgIpc) is 3.09. The molecule has 0 aromatic heterocycles. The van der Waals surface area contributed by atoms with E-state index in [2.05, 4.69) is 11.6 Å². The van der Waals surface area contributed by atoms with E-state index < -0.39 is 46.9 Å². The highest BCUT2D eigenvalue weighted by Crippen LogP contribution is 2.29. The normalized spacial score (nSPS) is 29.1. The van der Waals surface area contributed by atoms with Crippen LogP contribution in [0.3, 0.4) is 0 Å². The summed E-state index contributed by atoms with van der Waals surface area (Å²) in [7, 11) is -4.28. The van der Waals surface area contributed by atoms with E-state index >= 15 is 0 Å². The van der Waals surface area contributed by atoms with Gasteiger partial charge >= 0.3 is 16.4 Å². The van der Waals surface area contributed by atoms with Gasteiger partial charge < -0.3 is 20.1 Å². The molecule has 5 atom stereocenters. The Hall–Kier alpha value is -0.980. The van der Waals surface area contributed by atoms with Gasteiger partial charge in [-0.25, -0.2) is 4.79 Å². The van der Waals surface area contributed by atoms with Gasteiger partial charge in [0.2, 0.25) is 0 Å². The Morgan fingerprint density at radius 3 is 2.13 bits per heavy atom. The zero-order chi connectivity index (χ0) is 22.1. The van der Waals surface area contributed by atoms with E-state index in [1.807, 2.05) is 0 Å². The third-order valence-corrected chi connectivity index (χ3v) is 6.67. The van der Waals surface area contributed by atoms with Crippen molar-refractivity contribution in [3.05, 3.63) is 0 Å². The van der Waals surface area contributed by atoms with Crippen molar-refractivity contribution in [1.29, 1.82) is 0 Å². The van der Waals surface area contributed by atoms with Crippen molar-refractivity contribution in [3.63, 3.8) is 0 Å². The lowest BCUT2D eigenvalue weighted by atomic mass is 9.93. The first-order valence-electron chi connectivity index (χ1n) is 10.9. The van der Waals surface area contributed by atoms with Gasteiger partial charge in [-0.1, -0.05) is 64.7 Å². The maximum atomic E-state index is 12.2. The Labute approximate surface area is 178 Å².